The molecule has 0 aromatic carbocycles. The van der Waals surface area contributed by atoms with Gasteiger partial charge in [-0.05, 0) is 6.42 Å². The molecular weight excluding hydrogens is 190 g/mol. The molecule has 0 aliphatic rings. The predicted octanol–water partition coefficient (Wildman–Crippen LogP) is 0.867. The van der Waals surface area contributed by atoms with Crippen LogP contribution in [0, 0.1) is 0 Å². The molecule has 0 aliphatic carbocycles. The highest BCUT2D eigenvalue weighted by Crippen LogP contribution is 2.00. The summed E-state index contributed by atoms with van der Waals surface area (Å²) in [7, 11) is 7.69. The highest BCUT2D eigenvalue weighted by Gasteiger charge is 2.05. The number of unbranched alkanes of at least 4 members (excludes halogenated alkanes) is 1. The van der Waals surface area contributed by atoms with Gasteiger partial charge in [-0.25, -0.2) is 0 Å². The van der Waals surface area contributed by atoms with E-state index in [-0.39, 0.29) is 5.91 Å². The lowest BCUT2D eigenvalue weighted by Crippen LogP contribution is -2.29. The summed E-state index contributed by atoms with van der Waals surface area (Å²) in [6.07, 6.45) is 3.74. The van der Waals surface area contributed by atoms with Crippen LogP contribution in [-0.4, -0.2) is 50.4 Å². The van der Waals surface area contributed by atoms with Gasteiger partial charge in [-0.2, -0.15) is 0 Å². The molecule has 0 spiro atoms. The third kappa shape index (κ3) is 5.99. The third-order valence-corrected chi connectivity index (χ3v) is 2.01. The highest BCUT2D eigenvalue weighted by atomic mass is 16.1. The normalized spacial score (nSPS) is 9.40. The molecule has 0 aromatic heterocycles. The van der Waals surface area contributed by atoms with Gasteiger partial charge in [0.1, 0.15) is 5.82 Å². The quantitative estimate of drug-likeness (QED) is 0.525. The van der Waals surface area contributed by atoms with Crippen LogP contribution < -0.4 is 5.32 Å². The zero-order valence-corrected chi connectivity index (χ0v) is 10.5. The molecule has 0 atom stereocenters. The first-order chi connectivity index (χ1) is 6.99. The van der Waals surface area contributed by atoms with E-state index < -0.39 is 0 Å². The van der Waals surface area contributed by atoms with Gasteiger partial charge in [-0.1, -0.05) is 13.3 Å². The molecule has 0 unspecified atom stereocenters. The summed E-state index contributed by atoms with van der Waals surface area (Å²) in [6.45, 7) is 2.85. The van der Waals surface area contributed by atoms with E-state index in [1.807, 2.05) is 38.0 Å². The van der Waals surface area contributed by atoms with Crippen molar-refractivity contribution in [3.8, 4) is 0 Å². The first kappa shape index (κ1) is 13.8. The Kier molecular flexibility index (Phi) is 6.58. The Balaban J connectivity index is 4.23. The Morgan fingerprint density at radius 2 is 1.73 bits per heavy atom. The predicted molar refractivity (Wildman–Crippen MR) is 63.4 cm³/mol. The molecule has 0 saturated heterocycles. The maximum Gasteiger partial charge on any atom is 0.247 e. The second-order valence-electron chi connectivity index (χ2n) is 3.94. The van der Waals surface area contributed by atoms with Crippen LogP contribution in [0.25, 0.3) is 0 Å². The summed E-state index contributed by atoms with van der Waals surface area (Å²) in [6, 6.07) is 0. The van der Waals surface area contributed by atoms with Crippen molar-refractivity contribution in [1.29, 1.82) is 0 Å². The van der Waals surface area contributed by atoms with Crippen molar-refractivity contribution in [1.82, 2.24) is 15.1 Å². The number of hydrogen-bond acceptors (Lipinski definition) is 3. The molecule has 0 fully saturated rings. The van der Waals surface area contributed by atoms with Crippen LogP contribution in [0.4, 0.5) is 0 Å². The van der Waals surface area contributed by atoms with E-state index in [4.69, 9.17) is 0 Å². The molecule has 1 N–H and O–H groups in total. The number of nitrogens with one attached hydrogen (secondary N) is 1. The van der Waals surface area contributed by atoms with Crippen LogP contribution in [0.3, 0.4) is 0 Å². The van der Waals surface area contributed by atoms with E-state index >= 15 is 0 Å². The number of carbonyl (C=O) groups excluding carboxylic acids is 1. The van der Waals surface area contributed by atoms with Crippen LogP contribution in [0.15, 0.2) is 11.9 Å². The van der Waals surface area contributed by atoms with E-state index in [0.29, 0.717) is 0 Å². The van der Waals surface area contributed by atoms with Crippen molar-refractivity contribution in [2.24, 2.45) is 0 Å². The van der Waals surface area contributed by atoms with Gasteiger partial charge in [-0.15, -0.1) is 0 Å². The van der Waals surface area contributed by atoms with Gasteiger partial charge >= 0.3 is 0 Å². The summed E-state index contributed by atoms with van der Waals surface area (Å²) in [5.41, 5.74) is 0. The molecule has 0 aliphatic heterocycles. The van der Waals surface area contributed by atoms with E-state index in [1.165, 1.54) is 0 Å². The van der Waals surface area contributed by atoms with Gasteiger partial charge in [-0.3, -0.25) is 4.79 Å². The molecule has 1 amide bonds. The van der Waals surface area contributed by atoms with Crippen LogP contribution in [0.5, 0.6) is 0 Å². The molecule has 88 valence electrons. The van der Waals surface area contributed by atoms with E-state index in [1.54, 1.807) is 6.08 Å². The monoisotopic (exact) mass is 213 g/mol. The number of rotatable bonds is 6. The number of amides is 1. The summed E-state index contributed by atoms with van der Waals surface area (Å²) in [5.74, 6) is 0.866. The minimum Gasteiger partial charge on any atom is -0.364 e. The Morgan fingerprint density at radius 3 is 2.13 bits per heavy atom. The smallest absolute Gasteiger partial charge is 0.247 e. The summed E-state index contributed by atoms with van der Waals surface area (Å²) < 4.78 is 0. The lowest BCUT2D eigenvalue weighted by atomic mass is 10.3. The summed E-state index contributed by atoms with van der Waals surface area (Å²) >= 11 is 0. The van der Waals surface area contributed by atoms with Crippen LogP contribution in [-0.2, 0) is 4.79 Å². The van der Waals surface area contributed by atoms with Gasteiger partial charge < -0.3 is 15.1 Å². The summed E-state index contributed by atoms with van der Waals surface area (Å²) in [5, 5.41) is 2.86. The fraction of sp³-hybridized carbons (Fsp3) is 0.727. The minimum atomic E-state index is -0.0270. The van der Waals surface area contributed by atoms with Gasteiger partial charge in [0.15, 0.2) is 0 Å². The maximum atomic E-state index is 11.5. The van der Waals surface area contributed by atoms with Gasteiger partial charge in [0.2, 0.25) is 5.91 Å². The van der Waals surface area contributed by atoms with E-state index in [9.17, 15) is 4.79 Å². The molecule has 0 bridgehead atoms. The van der Waals surface area contributed by atoms with Crippen molar-refractivity contribution in [3.63, 3.8) is 0 Å². The van der Waals surface area contributed by atoms with E-state index in [0.717, 1.165) is 25.2 Å². The molecule has 0 radical (unpaired) electrons. The largest absolute Gasteiger partial charge is 0.364 e. The lowest BCUT2D eigenvalue weighted by molar-refractivity contribution is -0.116. The van der Waals surface area contributed by atoms with Crippen LogP contribution >= 0.6 is 0 Å². The number of nitrogens with zero attached hydrogens (tertiary/aromatic N) is 2. The Hall–Kier alpha value is -1.19. The van der Waals surface area contributed by atoms with E-state index in [2.05, 4.69) is 12.2 Å². The van der Waals surface area contributed by atoms with Crippen molar-refractivity contribution in [2.75, 3.05) is 34.7 Å². The molecule has 0 rings (SSSR count). The fourth-order valence-electron chi connectivity index (χ4n) is 1.21. The Morgan fingerprint density at radius 1 is 1.20 bits per heavy atom. The standard InChI is InChI=1S/C11H23N3O/c1-6-7-8-12-10(15)9-11(13(2)3)14(4)5/h9H,6-8H2,1-5H3,(H,12,15). The first-order valence-electron chi connectivity index (χ1n) is 5.33. The van der Waals surface area contributed by atoms with Crippen LogP contribution in [0.1, 0.15) is 19.8 Å². The zero-order chi connectivity index (χ0) is 11.8. The molecule has 0 aromatic rings. The van der Waals surface area contributed by atoms with Crippen LogP contribution in [0.2, 0.25) is 0 Å². The van der Waals surface area contributed by atoms with Gasteiger partial charge in [0.05, 0.1) is 0 Å². The SMILES string of the molecule is CCCCNC(=O)C=C(N(C)C)N(C)C. The van der Waals surface area contributed by atoms with Crippen molar-refractivity contribution in [3.05, 3.63) is 11.9 Å². The Bertz CT molecular complexity index is 212. The molecule has 0 saturated carbocycles. The van der Waals surface area contributed by atoms with Crippen molar-refractivity contribution >= 4 is 5.91 Å². The zero-order valence-electron chi connectivity index (χ0n) is 10.5. The molecule has 4 heteroatoms. The average Bonchev–Trinajstić information content (AvgIpc) is 2.13. The second kappa shape index (κ2) is 7.15. The number of hydrogen-bond donors (Lipinski definition) is 1. The number of carbonyl (C=O) groups is 1. The highest BCUT2D eigenvalue weighted by molar-refractivity contribution is 5.87. The average molecular weight is 213 g/mol. The Labute approximate surface area is 92.9 Å². The molecule has 15 heavy (non-hydrogen) atoms. The lowest BCUT2D eigenvalue weighted by Gasteiger charge is -2.24. The first-order valence-corrected chi connectivity index (χ1v) is 5.33. The minimum absolute atomic E-state index is 0.0270. The third-order valence-electron chi connectivity index (χ3n) is 2.01. The topological polar surface area (TPSA) is 35.6 Å². The second-order valence-corrected chi connectivity index (χ2v) is 3.94. The summed E-state index contributed by atoms with van der Waals surface area (Å²) in [4.78, 5) is 15.3. The van der Waals surface area contributed by atoms with Crippen molar-refractivity contribution < 1.29 is 4.79 Å². The molecular formula is C11H23N3O. The molecule has 0 heterocycles. The van der Waals surface area contributed by atoms with Crippen molar-refractivity contribution in [2.45, 2.75) is 19.8 Å². The molecule has 4 nitrogen and oxygen atoms in total. The van der Waals surface area contributed by atoms with Gasteiger partial charge in [0, 0.05) is 40.8 Å². The fourth-order valence-corrected chi connectivity index (χ4v) is 1.21. The maximum absolute atomic E-state index is 11.5. The van der Waals surface area contributed by atoms with Gasteiger partial charge in [0.25, 0.3) is 0 Å².